The minimum absolute atomic E-state index is 0.314. The van der Waals surface area contributed by atoms with Gasteiger partial charge in [0.2, 0.25) is 5.91 Å². The van der Waals surface area contributed by atoms with E-state index in [1.807, 2.05) is 18.2 Å². The Morgan fingerprint density at radius 1 is 0.875 bits per heavy atom. The van der Waals surface area contributed by atoms with Crippen molar-refractivity contribution in [2.24, 2.45) is 5.73 Å². The van der Waals surface area contributed by atoms with Crippen molar-refractivity contribution in [1.29, 1.82) is 0 Å². The SMILES string of the molecule is CCCCCCCCc1c(Cc2ccccc2)cccc1C(N)=O. The molecule has 0 aliphatic rings. The highest BCUT2D eigenvalue weighted by Crippen LogP contribution is 2.21. The molecule has 0 aliphatic carbocycles. The summed E-state index contributed by atoms with van der Waals surface area (Å²) in [6, 6.07) is 16.3. The summed E-state index contributed by atoms with van der Waals surface area (Å²) in [5.41, 5.74) is 9.94. The van der Waals surface area contributed by atoms with Gasteiger partial charge in [0.1, 0.15) is 0 Å². The van der Waals surface area contributed by atoms with Crippen LogP contribution in [0.2, 0.25) is 0 Å². The van der Waals surface area contributed by atoms with Crippen LogP contribution in [0, 0.1) is 0 Å². The van der Waals surface area contributed by atoms with Crippen molar-refractivity contribution in [2.75, 3.05) is 0 Å². The van der Waals surface area contributed by atoms with Crippen LogP contribution in [-0.2, 0) is 12.8 Å². The fourth-order valence-electron chi connectivity index (χ4n) is 3.22. The number of amides is 1. The van der Waals surface area contributed by atoms with Crippen molar-refractivity contribution in [1.82, 2.24) is 0 Å². The van der Waals surface area contributed by atoms with Crippen LogP contribution < -0.4 is 5.73 Å². The van der Waals surface area contributed by atoms with Gasteiger partial charge in [-0.25, -0.2) is 0 Å². The molecule has 128 valence electrons. The second kappa shape index (κ2) is 9.92. The number of unbranched alkanes of at least 4 members (excludes halogenated alkanes) is 5. The Morgan fingerprint density at radius 3 is 2.29 bits per heavy atom. The van der Waals surface area contributed by atoms with E-state index in [2.05, 4.69) is 37.3 Å². The third kappa shape index (κ3) is 5.52. The van der Waals surface area contributed by atoms with Gasteiger partial charge in [-0.05, 0) is 42.0 Å². The lowest BCUT2D eigenvalue weighted by atomic mass is 9.91. The number of carbonyl (C=O) groups is 1. The van der Waals surface area contributed by atoms with Gasteiger partial charge in [0.05, 0.1) is 0 Å². The van der Waals surface area contributed by atoms with Gasteiger partial charge in [0, 0.05) is 5.56 Å². The Morgan fingerprint density at radius 2 is 1.58 bits per heavy atom. The molecule has 24 heavy (non-hydrogen) atoms. The second-order valence-corrected chi connectivity index (χ2v) is 6.49. The first-order valence-electron chi connectivity index (χ1n) is 9.17. The first-order chi connectivity index (χ1) is 11.7. The van der Waals surface area contributed by atoms with Gasteiger partial charge < -0.3 is 5.73 Å². The molecule has 0 spiro atoms. The predicted molar refractivity (Wildman–Crippen MR) is 101 cm³/mol. The lowest BCUT2D eigenvalue weighted by Gasteiger charge is -2.13. The molecule has 0 aromatic heterocycles. The van der Waals surface area contributed by atoms with Crippen LogP contribution in [0.3, 0.4) is 0 Å². The zero-order valence-electron chi connectivity index (χ0n) is 14.8. The van der Waals surface area contributed by atoms with Crippen LogP contribution in [0.4, 0.5) is 0 Å². The lowest BCUT2D eigenvalue weighted by Crippen LogP contribution is -2.15. The van der Waals surface area contributed by atoms with Crippen LogP contribution in [0.1, 0.15) is 72.5 Å². The topological polar surface area (TPSA) is 43.1 Å². The van der Waals surface area contributed by atoms with E-state index in [-0.39, 0.29) is 5.91 Å². The normalized spacial score (nSPS) is 10.7. The van der Waals surface area contributed by atoms with Crippen LogP contribution in [0.15, 0.2) is 48.5 Å². The monoisotopic (exact) mass is 323 g/mol. The average molecular weight is 323 g/mol. The van der Waals surface area contributed by atoms with Crippen molar-refractivity contribution in [2.45, 2.75) is 58.3 Å². The molecular formula is C22H29NO. The molecule has 0 fully saturated rings. The molecular weight excluding hydrogens is 294 g/mol. The van der Waals surface area contributed by atoms with Gasteiger partial charge in [-0.15, -0.1) is 0 Å². The standard InChI is InChI=1S/C22H29NO/c1-2-3-4-5-6-10-15-20-19(14-11-16-21(20)22(23)24)17-18-12-8-7-9-13-18/h7-9,11-14,16H,2-6,10,15,17H2,1H3,(H2,23,24). The molecule has 2 rings (SSSR count). The molecule has 0 bridgehead atoms. The maximum Gasteiger partial charge on any atom is 0.248 e. The van der Waals surface area contributed by atoms with Crippen LogP contribution in [-0.4, -0.2) is 5.91 Å². The summed E-state index contributed by atoms with van der Waals surface area (Å²) in [4.78, 5) is 11.8. The summed E-state index contributed by atoms with van der Waals surface area (Å²) >= 11 is 0. The van der Waals surface area contributed by atoms with Gasteiger partial charge in [-0.3, -0.25) is 4.79 Å². The molecule has 2 nitrogen and oxygen atoms in total. The number of rotatable bonds is 10. The third-order valence-electron chi connectivity index (χ3n) is 4.56. The predicted octanol–water partition coefficient (Wildman–Crippen LogP) is 5.28. The molecule has 2 aromatic rings. The molecule has 0 heterocycles. The van der Waals surface area contributed by atoms with Crippen molar-refractivity contribution >= 4 is 5.91 Å². The van der Waals surface area contributed by atoms with Crippen LogP contribution in [0.5, 0.6) is 0 Å². The number of carbonyl (C=O) groups excluding carboxylic acids is 1. The fourth-order valence-corrected chi connectivity index (χ4v) is 3.22. The van der Waals surface area contributed by atoms with Crippen molar-refractivity contribution in [3.8, 4) is 0 Å². The quantitative estimate of drug-likeness (QED) is 0.594. The maximum absolute atomic E-state index is 11.8. The minimum atomic E-state index is -0.314. The van der Waals surface area contributed by atoms with Crippen molar-refractivity contribution < 1.29 is 4.79 Å². The van der Waals surface area contributed by atoms with Crippen molar-refractivity contribution in [3.63, 3.8) is 0 Å². The zero-order chi connectivity index (χ0) is 17.2. The van der Waals surface area contributed by atoms with E-state index in [9.17, 15) is 4.79 Å². The Labute approximate surface area is 146 Å². The van der Waals surface area contributed by atoms with Gasteiger partial charge in [0.15, 0.2) is 0 Å². The largest absolute Gasteiger partial charge is 0.366 e. The average Bonchev–Trinajstić information content (AvgIpc) is 2.59. The Bertz CT molecular complexity index is 634. The molecule has 1 amide bonds. The van der Waals surface area contributed by atoms with Gasteiger partial charge in [0.25, 0.3) is 0 Å². The molecule has 0 saturated heterocycles. The summed E-state index contributed by atoms with van der Waals surface area (Å²) in [6.07, 6.45) is 9.31. The van der Waals surface area contributed by atoms with E-state index in [4.69, 9.17) is 5.73 Å². The van der Waals surface area contributed by atoms with Crippen LogP contribution in [0.25, 0.3) is 0 Å². The summed E-state index contributed by atoms with van der Waals surface area (Å²) in [6.45, 7) is 2.24. The first-order valence-corrected chi connectivity index (χ1v) is 9.17. The summed E-state index contributed by atoms with van der Waals surface area (Å²) < 4.78 is 0. The Balaban J connectivity index is 2.09. The first kappa shape index (κ1) is 18.3. The number of hydrogen-bond acceptors (Lipinski definition) is 1. The highest BCUT2D eigenvalue weighted by molar-refractivity contribution is 5.94. The smallest absolute Gasteiger partial charge is 0.248 e. The molecule has 0 saturated carbocycles. The number of primary amides is 1. The van der Waals surface area contributed by atoms with E-state index < -0.39 is 0 Å². The molecule has 0 radical (unpaired) electrons. The zero-order valence-corrected chi connectivity index (χ0v) is 14.8. The fraction of sp³-hybridized carbons (Fsp3) is 0.409. The molecule has 2 aromatic carbocycles. The van der Waals surface area contributed by atoms with Crippen molar-refractivity contribution in [3.05, 3.63) is 70.8 Å². The minimum Gasteiger partial charge on any atom is -0.366 e. The summed E-state index contributed by atoms with van der Waals surface area (Å²) in [7, 11) is 0. The highest BCUT2D eigenvalue weighted by Gasteiger charge is 2.12. The van der Waals surface area contributed by atoms with Gasteiger partial charge in [-0.2, -0.15) is 0 Å². The van der Waals surface area contributed by atoms with E-state index in [1.54, 1.807) is 0 Å². The number of nitrogens with two attached hydrogens (primary N) is 1. The Hall–Kier alpha value is -2.09. The number of hydrogen-bond donors (Lipinski definition) is 1. The van der Waals surface area contributed by atoms with Gasteiger partial charge >= 0.3 is 0 Å². The maximum atomic E-state index is 11.8. The Kier molecular flexibility index (Phi) is 7.54. The van der Waals surface area contributed by atoms with E-state index >= 15 is 0 Å². The molecule has 2 heteroatoms. The molecule has 2 N–H and O–H groups in total. The highest BCUT2D eigenvalue weighted by atomic mass is 16.1. The molecule has 0 aliphatic heterocycles. The number of benzene rings is 2. The summed E-state index contributed by atoms with van der Waals surface area (Å²) in [5.74, 6) is -0.314. The van der Waals surface area contributed by atoms with Gasteiger partial charge in [-0.1, -0.05) is 81.5 Å². The lowest BCUT2D eigenvalue weighted by molar-refractivity contribution is 0.0999. The third-order valence-corrected chi connectivity index (χ3v) is 4.56. The van der Waals surface area contributed by atoms with E-state index in [0.29, 0.717) is 5.56 Å². The van der Waals surface area contributed by atoms with Crippen LogP contribution >= 0.6 is 0 Å². The van der Waals surface area contributed by atoms with E-state index in [1.165, 1.54) is 43.2 Å². The second-order valence-electron chi connectivity index (χ2n) is 6.49. The molecule has 0 atom stereocenters. The molecule has 0 unspecified atom stereocenters. The van der Waals surface area contributed by atoms with E-state index in [0.717, 1.165) is 24.8 Å². The summed E-state index contributed by atoms with van der Waals surface area (Å²) in [5, 5.41) is 0.